The van der Waals surface area contributed by atoms with Gasteiger partial charge in [-0.15, -0.1) is 0 Å². The molecule has 2 aliphatic carbocycles. The fraction of sp³-hybridized carbons (Fsp3) is 0.438. The van der Waals surface area contributed by atoms with Crippen LogP contribution in [0.1, 0.15) is 49.4 Å². The predicted octanol–water partition coefficient (Wildman–Crippen LogP) is 4.17. The molecule has 0 amide bonds. The van der Waals surface area contributed by atoms with Crippen LogP contribution in [0, 0.1) is 11.3 Å². The molecule has 87 valence electrons. The summed E-state index contributed by atoms with van der Waals surface area (Å²) in [5, 5.41) is 0. The van der Waals surface area contributed by atoms with Gasteiger partial charge in [0, 0.05) is 31.8 Å². The zero-order chi connectivity index (χ0) is 11.3. The van der Waals surface area contributed by atoms with Gasteiger partial charge in [0.25, 0.3) is 0 Å². The second-order valence-corrected chi connectivity index (χ2v) is 5.94. The predicted molar refractivity (Wildman–Crippen MR) is 69.3 cm³/mol. The van der Waals surface area contributed by atoms with Crippen molar-refractivity contribution in [3.05, 3.63) is 46.4 Å². The summed E-state index contributed by atoms with van der Waals surface area (Å²) in [6.07, 6.45) is 8.19. The molecule has 0 bridgehead atoms. The van der Waals surface area contributed by atoms with Crippen LogP contribution in [0.4, 0.5) is 0 Å². The van der Waals surface area contributed by atoms with Crippen LogP contribution in [0.3, 0.4) is 0 Å². The van der Waals surface area contributed by atoms with Gasteiger partial charge in [-0.05, 0) is 46.9 Å². The fourth-order valence-corrected chi connectivity index (χ4v) is 3.14. The van der Waals surface area contributed by atoms with Gasteiger partial charge in [-0.25, -0.2) is 0 Å². The Morgan fingerprint density at radius 2 is 1.71 bits per heavy atom. The molecule has 0 atom stereocenters. The zero-order valence-corrected chi connectivity index (χ0v) is 14.5. The molecule has 0 spiro atoms. The van der Waals surface area contributed by atoms with Gasteiger partial charge in [-0.1, -0.05) is 45.1 Å². The summed E-state index contributed by atoms with van der Waals surface area (Å²) in [6, 6.07) is 4.86. The molecule has 0 heterocycles. The smallest absolute Gasteiger partial charge is 0.0270 e. The maximum atomic E-state index is 2.44. The van der Waals surface area contributed by atoms with Crippen molar-refractivity contribution in [1.29, 1.82) is 0 Å². The van der Waals surface area contributed by atoms with E-state index in [9.17, 15) is 0 Å². The first kappa shape index (κ1) is 13.3. The van der Waals surface area contributed by atoms with Gasteiger partial charge >= 0.3 is 0 Å². The van der Waals surface area contributed by atoms with E-state index in [1.807, 2.05) is 0 Å². The van der Waals surface area contributed by atoms with Gasteiger partial charge in [-0.3, -0.25) is 0 Å². The summed E-state index contributed by atoms with van der Waals surface area (Å²) in [5.41, 5.74) is 6.55. The number of allylic oxidation sites excluding steroid dienone is 1. The second-order valence-electron chi connectivity index (χ2n) is 5.94. The van der Waals surface area contributed by atoms with Gasteiger partial charge in [0.2, 0.25) is 0 Å². The Labute approximate surface area is 123 Å². The van der Waals surface area contributed by atoms with E-state index in [1.165, 1.54) is 29.9 Å². The minimum Gasteiger partial charge on any atom is -0.0721 e. The third-order valence-corrected chi connectivity index (χ3v) is 3.90. The Morgan fingerprint density at radius 3 is 2.35 bits per heavy atom. The summed E-state index contributed by atoms with van der Waals surface area (Å²) in [4.78, 5) is 0. The molecule has 0 saturated carbocycles. The SMILES string of the molecule is CC[C]1C=Cc2cc3c(cc21)CC(C)(C)C3.[Hf]. The van der Waals surface area contributed by atoms with Crippen molar-refractivity contribution in [2.75, 3.05) is 0 Å². The molecule has 0 saturated heterocycles. The molecular weight excluding hydrogens is 371 g/mol. The zero-order valence-electron chi connectivity index (χ0n) is 10.9. The largest absolute Gasteiger partial charge is 0.0721 e. The molecular formula is C16H19Hf. The van der Waals surface area contributed by atoms with E-state index in [-0.39, 0.29) is 25.8 Å². The van der Waals surface area contributed by atoms with Gasteiger partial charge in [-0.2, -0.15) is 0 Å². The molecule has 2 aliphatic rings. The van der Waals surface area contributed by atoms with Crippen LogP contribution in [-0.2, 0) is 38.7 Å². The monoisotopic (exact) mass is 391 g/mol. The summed E-state index contributed by atoms with van der Waals surface area (Å²) in [6.45, 7) is 6.99. The summed E-state index contributed by atoms with van der Waals surface area (Å²) < 4.78 is 0. The third kappa shape index (κ3) is 2.23. The maximum Gasteiger partial charge on any atom is 0.0270 e. The molecule has 3 rings (SSSR count). The van der Waals surface area contributed by atoms with Crippen LogP contribution >= 0.6 is 0 Å². The summed E-state index contributed by atoms with van der Waals surface area (Å²) in [7, 11) is 0. The van der Waals surface area contributed by atoms with Crippen molar-refractivity contribution in [3.63, 3.8) is 0 Å². The molecule has 0 aromatic heterocycles. The molecule has 0 fully saturated rings. The average Bonchev–Trinajstić information content (AvgIpc) is 2.71. The van der Waals surface area contributed by atoms with E-state index in [1.54, 1.807) is 11.1 Å². The Kier molecular flexibility index (Phi) is 3.51. The topological polar surface area (TPSA) is 0 Å². The molecule has 1 radical (unpaired) electrons. The van der Waals surface area contributed by atoms with E-state index < -0.39 is 0 Å². The van der Waals surface area contributed by atoms with Gasteiger partial charge in [0.05, 0.1) is 0 Å². The van der Waals surface area contributed by atoms with Crippen LogP contribution in [0.5, 0.6) is 0 Å². The Bertz CT molecular complexity index is 469. The summed E-state index contributed by atoms with van der Waals surface area (Å²) >= 11 is 0. The number of rotatable bonds is 1. The molecule has 0 unspecified atom stereocenters. The van der Waals surface area contributed by atoms with Crippen LogP contribution in [0.25, 0.3) is 6.08 Å². The van der Waals surface area contributed by atoms with E-state index in [4.69, 9.17) is 0 Å². The molecule has 1 aromatic carbocycles. The quantitative estimate of drug-likeness (QED) is 0.632. The maximum absolute atomic E-state index is 2.44. The normalized spacial score (nSPS) is 19.9. The molecule has 17 heavy (non-hydrogen) atoms. The first-order valence-corrected chi connectivity index (χ1v) is 6.29. The van der Waals surface area contributed by atoms with Crippen LogP contribution in [0.2, 0.25) is 0 Å². The van der Waals surface area contributed by atoms with E-state index >= 15 is 0 Å². The van der Waals surface area contributed by atoms with Crippen molar-refractivity contribution in [2.24, 2.45) is 5.41 Å². The van der Waals surface area contributed by atoms with Crippen LogP contribution in [-0.4, -0.2) is 0 Å². The first-order chi connectivity index (χ1) is 7.59. The van der Waals surface area contributed by atoms with Crippen LogP contribution < -0.4 is 0 Å². The standard InChI is InChI=1S/C16H19.Hf/c1-4-11-5-6-12-7-13-9-16(2,3)10-14(13)8-15(11)12;/h5-8H,4,9-10H2,1-3H3;. The van der Waals surface area contributed by atoms with Crippen LogP contribution in [0.15, 0.2) is 18.2 Å². The minimum absolute atomic E-state index is 0. The molecule has 0 N–H and O–H groups in total. The third-order valence-electron chi connectivity index (χ3n) is 3.90. The van der Waals surface area contributed by atoms with Crippen molar-refractivity contribution in [1.82, 2.24) is 0 Å². The minimum atomic E-state index is 0. The Morgan fingerprint density at radius 1 is 1.06 bits per heavy atom. The average molecular weight is 390 g/mol. The molecule has 0 aliphatic heterocycles. The van der Waals surface area contributed by atoms with Gasteiger partial charge in [0.15, 0.2) is 0 Å². The number of fused-ring (bicyclic) bond motifs is 2. The van der Waals surface area contributed by atoms with Gasteiger partial charge < -0.3 is 0 Å². The van der Waals surface area contributed by atoms with Gasteiger partial charge in [0.1, 0.15) is 0 Å². The van der Waals surface area contributed by atoms with Crippen molar-refractivity contribution < 1.29 is 25.8 Å². The Balaban J connectivity index is 0.00000108. The molecule has 1 heteroatoms. The fourth-order valence-electron chi connectivity index (χ4n) is 3.14. The summed E-state index contributed by atoms with van der Waals surface area (Å²) in [5.74, 6) is 1.50. The molecule has 1 aromatic rings. The van der Waals surface area contributed by atoms with E-state index in [2.05, 4.69) is 45.1 Å². The number of hydrogen-bond donors (Lipinski definition) is 0. The number of hydrogen-bond acceptors (Lipinski definition) is 0. The van der Waals surface area contributed by atoms with E-state index in [0.717, 1.165) is 6.42 Å². The van der Waals surface area contributed by atoms with Crippen molar-refractivity contribution >= 4 is 6.08 Å². The second kappa shape index (κ2) is 4.50. The van der Waals surface area contributed by atoms with Crippen molar-refractivity contribution in [2.45, 2.75) is 40.0 Å². The van der Waals surface area contributed by atoms with Crippen molar-refractivity contribution in [3.8, 4) is 0 Å². The first-order valence-electron chi connectivity index (χ1n) is 6.29. The molecule has 0 nitrogen and oxygen atoms in total. The number of benzene rings is 1. The van der Waals surface area contributed by atoms with E-state index in [0.29, 0.717) is 5.41 Å². The Hall–Kier alpha value is -0.170.